The third-order valence-electron chi connectivity index (χ3n) is 7.22. The molecule has 3 aromatic carbocycles. The molecule has 0 saturated heterocycles. The quantitative estimate of drug-likeness (QED) is 0.189. The average Bonchev–Trinajstić information content (AvgIpc) is 3.68. The summed E-state index contributed by atoms with van der Waals surface area (Å²) in [6.45, 7) is 2.33. The van der Waals surface area contributed by atoms with Crippen molar-refractivity contribution in [2.24, 2.45) is 0 Å². The van der Waals surface area contributed by atoms with Crippen molar-refractivity contribution in [3.05, 3.63) is 107 Å². The summed E-state index contributed by atoms with van der Waals surface area (Å²) < 4.78 is 12.0. The topological polar surface area (TPSA) is 77.5 Å². The minimum Gasteiger partial charge on any atom is -0.456 e. The normalized spacial score (nSPS) is 14.3. The number of benzene rings is 3. The first-order valence-corrected chi connectivity index (χ1v) is 14.1. The van der Waals surface area contributed by atoms with Crippen molar-refractivity contribution in [1.82, 2.24) is 4.98 Å². The summed E-state index contributed by atoms with van der Waals surface area (Å²) in [7, 11) is 0. The van der Waals surface area contributed by atoms with E-state index in [4.69, 9.17) is 21.1 Å². The van der Waals surface area contributed by atoms with Crippen LogP contribution in [0.4, 0.5) is 10.5 Å². The summed E-state index contributed by atoms with van der Waals surface area (Å²) in [5, 5.41) is 4.42. The van der Waals surface area contributed by atoms with E-state index in [0.717, 1.165) is 55.6 Å². The van der Waals surface area contributed by atoms with Gasteiger partial charge < -0.3 is 9.47 Å². The van der Waals surface area contributed by atoms with Crippen molar-refractivity contribution in [3.8, 4) is 21.6 Å². The molecule has 2 heterocycles. The van der Waals surface area contributed by atoms with E-state index in [1.165, 1.54) is 0 Å². The highest BCUT2D eigenvalue weighted by Crippen LogP contribution is 2.49. The molecule has 6 rings (SSSR count). The standard InChI is InChI=1S/C32H25ClN2O4S/c1-20(25-4-2-3-5-27(25)33)39-31(37)35-29-26-14-17-34-18-28(26)40-30(29)23-8-6-21(7-9-23)22-10-12-24(13-11-22)32(15-16-32)38-19-36/h2-14,17-20H,15-16H2,1H3,(H,35,37)/t20-/m1/s1. The van der Waals surface area contributed by atoms with Crippen molar-refractivity contribution < 1.29 is 19.1 Å². The van der Waals surface area contributed by atoms with E-state index in [1.54, 1.807) is 36.7 Å². The van der Waals surface area contributed by atoms with Gasteiger partial charge in [-0.25, -0.2) is 4.79 Å². The minimum atomic E-state index is -0.561. The van der Waals surface area contributed by atoms with Crippen LogP contribution in [-0.2, 0) is 19.9 Å². The van der Waals surface area contributed by atoms with E-state index >= 15 is 0 Å². The van der Waals surface area contributed by atoms with Crippen LogP contribution < -0.4 is 5.32 Å². The SMILES string of the molecule is C[C@@H](OC(=O)Nc1c(-c2ccc(-c3ccc(C4(OC=O)CC4)cc3)cc2)sc2cnccc12)c1ccccc1Cl. The van der Waals surface area contributed by atoms with Gasteiger partial charge in [0.25, 0.3) is 6.47 Å². The molecule has 1 aliphatic carbocycles. The van der Waals surface area contributed by atoms with Gasteiger partial charge in [-0.05, 0) is 54.2 Å². The Balaban J connectivity index is 1.25. The molecule has 0 aliphatic heterocycles. The van der Waals surface area contributed by atoms with Crippen LogP contribution in [0.3, 0.4) is 0 Å². The van der Waals surface area contributed by atoms with E-state index in [0.29, 0.717) is 17.2 Å². The molecule has 40 heavy (non-hydrogen) atoms. The highest BCUT2D eigenvalue weighted by molar-refractivity contribution is 7.23. The lowest BCUT2D eigenvalue weighted by Gasteiger charge is -2.16. The van der Waals surface area contributed by atoms with Gasteiger partial charge in [-0.15, -0.1) is 11.3 Å². The maximum absolute atomic E-state index is 13.0. The monoisotopic (exact) mass is 568 g/mol. The first kappa shape index (κ1) is 26.0. The van der Waals surface area contributed by atoms with Crippen molar-refractivity contribution >= 4 is 51.3 Å². The fraction of sp³-hybridized carbons (Fsp3) is 0.156. The van der Waals surface area contributed by atoms with Crippen molar-refractivity contribution in [1.29, 1.82) is 0 Å². The average molecular weight is 569 g/mol. The Hall–Kier alpha value is -4.20. The van der Waals surface area contributed by atoms with Crippen LogP contribution in [-0.4, -0.2) is 17.5 Å². The Morgan fingerprint density at radius 1 is 1.00 bits per heavy atom. The Kier molecular flexibility index (Phi) is 7.00. The van der Waals surface area contributed by atoms with Gasteiger partial charge in [0.05, 0.1) is 15.3 Å². The van der Waals surface area contributed by atoms with Gasteiger partial charge in [-0.1, -0.05) is 78.3 Å². The highest BCUT2D eigenvalue weighted by Gasteiger charge is 2.46. The number of fused-ring (bicyclic) bond motifs is 1. The molecule has 2 aromatic heterocycles. The van der Waals surface area contributed by atoms with Gasteiger partial charge in [-0.3, -0.25) is 15.1 Å². The molecule has 1 atom stereocenters. The number of thiophene rings is 1. The zero-order chi connectivity index (χ0) is 27.7. The summed E-state index contributed by atoms with van der Waals surface area (Å²) in [6, 6.07) is 25.6. The zero-order valence-electron chi connectivity index (χ0n) is 21.6. The third kappa shape index (κ3) is 5.06. The summed E-state index contributed by atoms with van der Waals surface area (Å²) in [6.07, 6.45) is 4.13. The molecule has 1 N–H and O–H groups in total. The van der Waals surface area contributed by atoms with Gasteiger partial charge in [0.15, 0.2) is 0 Å². The molecule has 1 saturated carbocycles. The number of nitrogens with one attached hydrogen (secondary N) is 1. The molecule has 0 radical (unpaired) electrons. The molecule has 6 nitrogen and oxygen atoms in total. The molecular weight excluding hydrogens is 544 g/mol. The number of hydrogen-bond donors (Lipinski definition) is 1. The van der Waals surface area contributed by atoms with Crippen LogP contribution in [0.2, 0.25) is 5.02 Å². The van der Waals surface area contributed by atoms with Crippen molar-refractivity contribution in [2.75, 3.05) is 5.32 Å². The van der Waals surface area contributed by atoms with E-state index in [1.807, 2.05) is 60.7 Å². The Labute approximate surface area is 240 Å². The maximum Gasteiger partial charge on any atom is 0.412 e. The molecule has 0 bridgehead atoms. The second-order valence-electron chi connectivity index (χ2n) is 9.74. The number of rotatable bonds is 8. The summed E-state index contributed by atoms with van der Waals surface area (Å²) >= 11 is 7.85. The molecule has 200 valence electrons. The lowest BCUT2D eigenvalue weighted by Crippen LogP contribution is -2.16. The maximum atomic E-state index is 13.0. The number of aromatic nitrogens is 1. The number of hydrogen-bond acceptors (Lipinski definition) is 6. The van der Waals surface area contributed by atoms with Crippen LogP contribution >= 0.6 is 22.9 Å². The molecule has 1 amide bonds. The number of halogens is 1. The van der Waals surface area contributed by atoms with Gasteiger partial charge in [0, 0.05) is 28.4 Å². The number of anilines is 1. The number of ether oxygens (including phenoxy) is 2. The fourth-order valence-electron chi connectivity index (χ4n) is 4.90. The highest BCUT2D eigenvalue weighted by atomic mass is 35.5. The summed E-state index contributed by atoms with van der Waals surface area (Å²) in [5.74, 6) is 0. The van der Waals surface area contributed by atoms with Crippen LogP contribution in [0, 0.1) is 0 Å². The van der Waals surface area contributed by atoms with E-state index < -0.39 is 17.8 Å². The Morgan fingerprint density at radius 3 is 2.35 bits per heavy atom. The number of pyridine rings is 1. The van der Waals surface area contributed by atoms with Crippen LogP contribution in [0.5, 0.6) is 0 Å². The minimum absolute atomic E-state index is 0.449. The van der Waals surface area contributed by atoms with Gasteiger partial charge >= 0.3 is 6.09 Å². The van der Waals surface area contributed by atoms with Crippen LogP contribution in [0.1, 0.15) is 37.0 Å². The number of carbonyl (C=O) groups excluding carboxylic acids is 2. The molecule has 1 aliphatic rings. The molecule has 0 unspecified atom stereocenters. The largest absolute Gasteiger partial charge is 0.456 e. The molecule has 8 heteroatoms. The van der Waals surface area contributed by atoms with Crippen LogP contribution in [0.15, 0.2) is 91.3 Å². The summed E-state index contributed by atoms with van der Waals surface area (Å²) in [5.41, 5.74) is 5.08. The Morgan fingerprint density at radius 2 is 1.68 bits per heavy atom. The predicted octanol–water partition coefficient (Wildman–Crippen LogP) is 8.76. The molecular formula is C32H25ClN2O4S. The number of carbonyl (C=O) groups is 2. The summed E-state index contributed by atoms with van der Waals surface area (Å²) in [4.78, 5) is 29.0. The third-order valence-corrected chi connectivity index (χ3v) is 8.75. The van der Waals surface area contributed by atoms with Gasteiger partial charge in [-0.2, -0.15) is 0 Å². The lowest BCUT2D eigenvalue weighted by atomic mass is 9.99. The fourth-order valence-corrected chi connectivity index (χ4v) is 6.32. The van der Waals surface area contributed by atoms with E-state index in [9.17, 15) is 9.59 Å². The van der Waals surface area contributed by atoms with Crippen molar-refractivity contribution in [2.45, 2.75) is 31.5 Å². The van der Waals surface area contributed by atoms with Gasteiger partial charge in [0.1, 0.15) is 11.7 Å². The van der Waals surface area contributed by atoms with Gasteiger partial charge in [0.2, 0.25) is 0 Å². The molecule has 0 spiro atoms. The number of nitrogens with zero attached hydrogens (tertiary/aromatic N) is 1. The second kappa shape index (κ2) is 10.8. The smallest absolute Gasteiger partial charge is 0.412 e. The zero-order valence-corrected chi connectivity index (χ0v) is 23.2. The Bertz CT molecular complexity index is 1690. The predicted molar refractivity (Wildman–Crippen MR) is 159 cm³/mol. The van der Waals surface area contributed by atoms with E-state index in [-0.39, 0.29) is 0 Å². The number of amides is 1. The first-order chi connectivity index (χ1) is 19.5. The first-order valence-electron chi connectivity index (χ1n) is 12.9. The molecule has 1 fully saturated rings. The molecule has 5 aromatic rings. The second-order valence-corrected chi connectivity index (χ2v) is 11.2. The van der Waals surface area contributed by atoms with Crippen LogP contribution in [0.25, 0.3) is 31.7 Å². The lowest BCUT2D eigenvalue weighted by molar-refractivity contribution is -0.136. The van der Waals surface area contributed by atoms with Crippen molar-refractivity contribution in [3.63, 3.8) is 0 Å². The van der Waals surface area contributed by atoms with E-state index in [2.05, 4.69) is 22.4 Å².